The van der Waals surface area contributed by atoms with Crippen molar-refractivity contribution in [3.05, 3.63) is 36.7 Å². The molecular formula is C19H20F3N3O5. The van der Waals surface area contributed by atoms with Crippen LogP contribution in [0.4, 0.5) is 13.2 Å². The van der Waals surface area contributed by atoms with Crippen LogP contribution in [-0.4, -0.2) is 42.1 Å². The van der Waals surface area contributed by atoms with E-state index < -0.39 is 36.1 Å². The van der Waals surface area contributed by atoms with E-state index in [0.717, 1.165) is 10.8 Å². The van der Waals surface area contributed by atoms with Crippen LogP contribution in [0.5, 0.6) is 0 Å². The summed E-state index contributed by atoms with van der Waals surface area (Å²) < 4.78 is 53.3. The van der Waals surface area contributed by atoms with E-state index >= 15 is 0 Å². The molecule has 0 atom stereocenters. The van der Waals surface area contributed by atoms with Crippen LogP contribution < -0.4 is 10.9 Å². The summed E-state index contributed by atoms with van der Waals surface area (Å²) in [5.74, 6) is -3.84. The standard InChI is InChI=1S/C19H20F3N3O5/c20-19(21,22)30-15-8-14(9-15)16(26)23-24-17(27)18(28-6-3-7-29-18)25-10-12-4-1-2-5-13(12)11-25/h1-2,4-5,10-11,14-15H,3,6-9H2,(H,23,26)(H,24,27)/t14-,15+. The third-order valence-corrected chi connectivity index (χ3v) is 5.13. The van der Waals surface area contributed by atoms with Gasteiger partial charge in [-0.25, -0.2) is 0 Å². The molecule has 0 bridgehead atoms. The maximum atomic E-state index is 12.9. The van der Waals surface area contributed by atoms with Crippen LogP contribution >= 0.6 is 0 Å². The average molecular weight is 427 g/mol. The van der Waals surface area contributed by atoms with Gasteiger partial charge in [-0.1, -0.05) is 24.3 Å². The summed E-state index contributed by atoms with van der Waals surface area (Å²) in [5, 5.41) is 1.74. The van der Waals surface area contributed by atoms with Gasteiger partial charge in [-0.3, -0.25) is 29.7 Å². The number of fused-ring (bicyclic) bond motifs is 1. The number of halogens is 3. The second-order valence-corrected chi connectivity index (χ2v) is 7.22. The lowest BCUT2D eigenvalue weighted by Gasteiger charge is -2.37. The Hall–Kier alpha value is -2.63. The SMILES string of the molecule is O=C(NNC(=O)[C@H]1C[C@@H](OC(F)(F)F)C1)C1(n2cc3ccccc3c2)OCCCO1. The number of hydrogen-bond acceptors (Lipinski definition) is 5. The minimum atomic E-state index is -4.73. The number of carbonyl (C=O) groups is 2. The van der Waals surface area contributed by atoms with Crippen LogP contribution in [0, 0.1) is 5.92 Å². The molecule has 0 unspecified atom stereocenters. The van der Waals surface area contributed by atoms with Gasteiger partial charge in [0.25, 0.3) is 0 Å². The van der Waals surface area contributed by atoms with Crippen LogP contribution in [0.1, 0.15) is 19.3 Å². The van der Waals surface area contributed by atoms with Gasteiger partial charge in [0.15, 0.2) is 0 Å². The van der Waals surface area contributed by atoms with Gasteiger partial charge < -0.3 is 9.47 Å². The largest absolute Gasteiger partial charge is 0.522 e. The Morgan fingerprint density at radius 3 is 2.23 bits per heavy atom. The van der Waals surface area contributed by atoms with Gasteiger partial charge in [-0.05, 0) is 30.0 Å². The first-order chi connectivity index (χ1) is 14.3. The number of nitrogens with one attached hydrogen (secondary N) is 2. The summed E-state index contributed by atoms with van der Waals surface area (Å²) in [6.45, 7) is 0.546. The van der Waals surface area contributed by atoms with Gasteiger partial charge >= 0.3 is 18.2 Å². The Kier molecular flexibility index (Phi) is 5.43. The fourth-order valence-electron chi connectivity index (χ4n) is 3.54. The van der Waals surface area contributed by atoms with E-state index in [-0.39, 0.29) is 26.1 Å². The molecule has 2 amide bonds. The zero-order valence-electron chi connectivity index (χ0n) is 15.8. The third-order valence-electron chi connectivity index (χ3n) is 5.13. The van der Waals surface area contributed by atoms with Crippen molar-refractivity contribution in [3.8, 4) is 0 Å². The van der Waals surface area contributed by atoms with Gasteiger partial charge in [0, 0.05) is 18.3 Å². The predicted octanol–water partition coefficient (Wildman–Crippen LogP) is 2.15. The lowest BCUT2D eigenvalue weighted by atomic mass is 9.82. The molecule has 0 spiro atoms. The summed E-state index contributed by atoms with van der Waals surface area (Å²) in [6, 6.07) is 7.46. The van der Waals surface area contributed by atoms with Crippen LogP contribution in [0.25, 0.3) is 10.8 Å². The van der Waals surface area contributed by atoms with E-state index in [1.54, 1.807) is 12.4 Å². The van der Waals surface area contributed by atoms with Crippen molar-refractivity contribution >= 4 is 22.6 Å². The Balaban J connectivity index is 1.40. The number of benzene rings is 1. The molecular weight excluding hydrogens is 407 g/mol. The molecule has 2 heterocycles. The minimum Gasteiger partial charge on any atom is -0.325 e. The topological polar surface area (TPSA) is 90.8 Å². The molecule has 1 aromatic heterocycles. The van der Waals surface area contributed by atoms with E-state index in [0.29, 0.717) is 6.42 Å². The van der Waals surface area contributed by atoms with Crippen LogP contribution in [0.2, 0.25) is 0 Å². The molecule has 0 radical (unpaired) electrons. The van der Waals surface area contributed by atoms with Crippen molar-refractivity contribution in [2.75, 3.05) is 13.2 Å². The second-order valence-electron chi connectivity index (χ2n) is 7.22. The number of rotatable bonds is 4. The highest BCUT2D eigenvalue weighted by Gasteiger charge is 2.47. The van der Waals surface area contributed by atoms with E-state index in [2.05, 4.69) is 15.6 Å². The smallest absolute Gasteiger partial charge is 0.325 e. The molecule has 2 aromatic rings. The fourth-order valence-corrected chi connectivity index (χ4v) is 3.54. The normalized spacial score (nSPS) is 23.6. The van der Waals surface area contributed by atoms with E-state index in [9.17, 15) is 22.8 Å². The number of hydrogen-bond donors (Lipinski definition) is 2. The van der Waals surface area contributed by atoms with Crippen LogP contribution in [0.3, 0.4) is 0 Å². The highest BCUT2D eigenvalue weighted by Crippen LogP contribution is 2.35. The lowest BCUT2D eigenvalue weighted by molar-refractivity contribution is -0.353. The molecule has 162 valence electrons. The summed E-state index contributed by atoms with van der Waals surface area (Å²) in [7, 11) is 0. The number of nitrogens with zero attached hydrogens (tertiary/aromatic N) is 1. The maximum absolute atomic E-state index is 12.9. The first-order valence-electron chi connectivity index (χ1n) is 9.47. The molecule has 30 heavy (non-hydrogen) atoms. The molecule has 4 rings (SSSR count). The molecule has 8 nitrogen and oxygen atoms in total. The minimum absolute atomic E-state index is 0.0810. The average Bonchev–Trinajstić information content (AvgIpc) is 3.13. The number of amides is 2. The molecule has 1 aliphatic carbocycles. The zero-order valence-corrected chi connectivity index (χ0v) is 15.8. The number of hydrazine groups is 1. The monoisotopic (exact) mass is 427 g/mol. The van der Waals surface area contributed by atoms with Crippen molar-refractivity contribution in [1.29, 1.82) is 0 Å². The van der Waals surface area contributed by atoms with Crippen molar-refractivity contribution in [1.82, 2.24) is 15.4 Å². The van der Waals surface area contributed by atoms with Crippen molar-refractivity contribution < 1.29 is 37.0 Å². The van der Waals surface area contributed by atoms with Gasteiger partial charge in [0.05, 0.1) is 19.3 Å². The molecule has 2 aliphatic rings. The number of aromatic nitrogens is 1. The van der Waals surface area contributed by atoms with E-state index in [4.69, 9.17) is 9.47 Å². The highest BCUT2D eigenvalue weighted by atomic mass is 19.4. The molecule has 1 aliphatic heterocycles. The van der Waals surface area contributed by atoms with Crippen LogP contribution in [-0.2, 0) is 29.7 Å². The van der Waals surface area contributed by atoms with Crippen molar-refractivity contribution in [2.45, 2.75) is 37.6 Å². The summed E-state index contributed by atoms with van der Waals surface area (Å²) in [4.78, 5) is 25.1. The summed E-state index contributed by atoms with van der Waals surface area (Å²) in [5.41, 5.74) is 4.52. The molecule has 1 saturated carbocycles. The van der Waals surface area contributed by atoms with Gasteiger partial charge in [-0.15, -0.1) is 13.2 Å². The Bertz CT molecular complexity index is 900. The van der Waals surface area contributed by atoms with Gasteiger partial charge in [0.2, 0.25) is 5.91 Å². The number of carbonyl (C=O) groups excluding carboxylic acids is 2. The molecule has 1 aromatic carbocycles. The first kappa shape index (κ1) is 20.6. The second kappa shape index (κ2) is 7.89. The highest BCUT2D eigenvalue weighted by molar-refractivity contribution is 5.88. The summed E-state index contributed by atoms with van der Waals surface area (Å²) in [6.07, 6.45) is -1.95. The molecule has 1 saturated heterocycles. The zero-order chi connectivity index (χ0) is 21.4. The van der Waals surface area contributed by atoms with Crippen LogP contribution in [0.15, 0.2) is 36.7 Å². The van der Waals surface area contributed by atoms with Crippen molar-refractivity contribution in [2.24, 2.45) is 5.92 Å². The first-order valence-corrected chi connectivity index (χ1v) is 9.47. The van der Waals surface area contributed by atoms with Gasteiger partial charge in [0.1, 0.15) is 0 Å². The maximum Gasteiger partial charge on any atom is 0.522 e. The summed E-state index contributed by atoms with van der Waals surface area (Å²) >= 11 is 0. The van der Waals surface area contributed by atoms with E-state index in [1.807, 2.05) is 24.3 Å². The lowest BCUT2D eigenvalue weighted by Crippen LogP contribution is -2.59. The quantitative estimate of drug-likeness (QED) is 0.730. The molecule has 11 heteroatoms. The number of ether oxygens (including phenoxy) is 3. The third kappa shape index (κ3) is 4.13. The molecule has 2 fully saturated rings. The Morgan fingerprint density at radius 2 is 1.67 bits per heavy atom. The van der Waals surface area contributed by atoms with Gasteiger partial charge in [-0.2, -0.15) is 0 Å². The van der Waals surface area contributed by atoms with E-state index in [1.165, 1.54) is 4.57 Å². The Morgan fingerprint density at radius 1 is 1.07 bits per heavy atom. The number of alkyl halides is 3. The predicted molar refractivity (Wildman–Crippen MR) is 96.4 cm³/mol. The Labute approximate surface area is 169 Å². The van der Waals surface area contributed by atoms with Crippen molar-refractivity contribution in [3.63, 3.8) is 0 Å². The fraction of sp³-hybridized carbons (Fsp3) is 0.474. The molecule has 2 N–H and O–H groups in total.